The van der Waals surface area contributed by atoms with Crippen molar-refractivity contribution in [2.75, 3.05) is 11.9 Å². The second-order valence-corrected chi connectivity index (χ2v) is 9.22. The van der Waals surface area contributed by atoms with Gasteiger partial charge in [0.1, 0.15) is 17.4 Å². The second kappa shape index (κ2) is 14.0. The average Bonchev–Trinajstić information content (AvgIpc) is 3.29. The standard InChI is InChI=1S/C28H31N3O2S/c1-2-3-4-5-6-10-17-33-25-15-13-23(14-16-25)18-24(20-29)27(32)31-28-30-21-26(34-28)19-22-11-8-7-9-12-22/h7-9,11-16,18,21H,2-6,10,17,19H2,1H3,(H,30,31,32). The third-order valence-electron chi connectivity index (χ3n) is 5.32. The lowest BCUT2D eigenvalue weighted by Crippen LogP contribution is -2.13. The number of carbonyl (C=O) groups is 1. The predicted molar refractivity (Wildman–Crippen MR) is 139 cm³/mol. The Morgan fingerprint density at radius 3 is 2.53 bits per heavy atom. The topological polar surface area (TPSA) is 75.0 Å². The largest absolute Gasteiger partial charge is 0.494 e. The van der Waals surface area contributed by atoms with Gasteiger partial charge < -0.3 is 4.74 Å². The van der Waals surface area contributed by atoms with Gasteiger partial charge >= 0.3 is 0 Å². The van der Waals surface area contributed by atoms with E-state index in [1.54, 1.807) is 12.3 Å². The second-order valence-electron chi connectivity index (χ2n) is 8.10. The van der Waals surface area contributed by atoms with Crippen LogP contribution in [-0.4, -0.2) is 17.5 Å². The molecule has 0 unspecified atom stereocenters. The molecule has 0 aliphatic rings. The molecule has 0 bridgehead atoms. The summed E-state index contributed by atoms with van der Waals surface area (Å²) in [5.41, 5.74) is 1.98. The lowest BCUT2D eigenvalue weighted by molar-refractivity contribution is -0.112. The summed E-state index contributed by atoms with van der Waals surface area (Å²) < 4.78 is 5.80. The summed E-state index contributed by atoms with van der Waals surface area (Å²) in [6, 6.07) is 19.5. The summed E-state index contributed by atoms with van der Waals surface area (Å²) in [4.78, 5) is 17.9. The van der Waals surface area contributed by atoms with E-state index in [1.807, 2.05) is 48.5 Å². The van der Waals surface area contributed by atoms with Crippen molar-refractivity contribution in [1.29, 1.82) is 5.26 Å². The fourth-order valence-corrected chi connectivity index (χ4v) is 4.30. The Kier molecular flexibility index (Phi) is 10.4. The summed E-state index contributed by atoms with van der Waals surface area (Å²) in [7, 11) is 0. The number of nitrogens with zero attached hydrogens (tertiary/aromatic N) is 2. The molecule has 3 aromatic rings. The van der Waals surface area contributed by atoms with Crippen molar-refractivity contribution in [2.24, 2.45) is 0 Å². The molecule has 34 heavy (non-hydrogen) atoms. The third kappa shape index (κ3) is 8.49. The summed E-state index contributed by atoms with van der Waals surface area (Å²) >= 11 is 1.41. The van der Waals surface area contributed by atoms with Crippen LogP contribution in [0.2, 0.25) is 0 Å². The van der Waals surface area contributed by atoms with Crippen LogP contribution in [0.5, 0.6) is 5.75 Å². The van der Waals surface area contributed by atoms with Crippen molar-refractivity contribution >= 4 is 28.5 Å². The lowest BCUT2D eigenvalue weighted by Gasteiger charge is -2.06. The maximum Gasteiger partial charge on any atom is 0.268 e. The molecular formula is C28H31N3O2S. The van der Waals surface area contributed by atoms with Crippen LogP contribution >= 0.6 is 11.3 Å². The average molecular weight is 474 g/mol. The van der Waals surface area contributed by atoms with E-state index in [-0.39, 0.29) is 5.57 Å². The molecule has 0 spiro atoms. The molecule has 1 amide bonds. The first-order chi connectivity index (χ1) is 16.7. The quantitative estimate of drug-likeness (QED) is 0.164. The van der Waals surface area contributed by atoms with E-state index >= 15 is 0 Å². The lowest BCUT2D eigenvalue weighted by atomic mass is 10.1. The zero-order chi connectivity index (χ0) is 24.0. The van der Waals surface area contributed by atoms with Crippen LogP contribution in [0.25, 0.3) is 6.08 Å². The summed E-state index contributed by atoms with van der Waals surface area (Å²) in [6.45, 7) is 2.92. The first kappa shape index (κ1) is 25.2. The van der Waals surface area contributed by atoms with Crippen LogP contribution in [0, 0.1) is 11.3 Å². The van der Waals surface area contributed by atoms with Crippen molar-refractivity contribution in [2.45, 2.75) is 51.9 Å². The number of carbonyl (C=O) groups excluding carboxylic acids is 1. The van der Waals surface area contributed by atoms with Gasteiger partial charge in [-0.15, -0.1) is 11.3 Å². The molecule has 6 heteroatoms. The van der Waals surface area contributed by atoms with Gasteiger partial charge in [0.25, 0.3) is 5.91 Å². The molecule has 5 nitrogen and oxygen atoms in total. The predicted octanol–water partition coefficient (Wildman–Crippen LogP) is 7.02. The van der Waals surface area contributed by atoms with Crippen LogP contribution in [0.1, 0.15) is 61.5 Å². The highest BCUT2D eigenvalue weighted by molar-refractivity contribution is 7.15. The number of nitrogens with one attached hydrogen (secondary N) is 1. The summed E-state index contributed by atoms with van der Waals surface area (Å²) in [5.74, 6) is 0.328. The van der Waals surface area contributed by atoms with Gasteiger partial charge in [-0.3, -0.25) is 10.1 Å². The highest BCUT2D eigenvalue weighted by Gasteiger charge is 2.12. The van der Waals surface area contributed by atoms with Gasteiger partial charge in [0.2, 0.25) is 0 Å². The van der Waals surface area contributed by atoms with E-state index in [4.69, 9.17) is 4.74 Å². The van der Waals surface area contributed by atoms with E-state index in [0.717, 1.165) is 29.0 Å². The molecule has 0 aliphatic carbocycles. The normalized spacial score (nSPS) is 11.1. The Balaban J connectivity index is 1.49. The molecule has 0 radical (unpaired) electrons. The van der Waals surface area contributed by atoms with Crippen molar-refractivity contribution in [3.8, 4) is 11.8 Å². The van der Waals surface area contributed by atoms with Gasteiger partial charge in [0, 0.05) is 17.5 Å². The Morgan fingerprint density at radius 2 is 1.79 bits per heavy atom. The van der Waals surface area contributed by atoms with Crippen molar-refractivity contribution in [1.82, 2.24) is 4.98 Å². The molecule has 176 valence electrons. The Bertz CT molecular complexity index is 1100. The first-order valence-electron chi connectivity index (χ1n) is 11.8. The number of anilines is 1. The molecule has 0 saturated heterocycles. The van der Waals surface area contributed by atoms with Gasteiger partial charge in [-0.05, 0) is 35.8 Å². The van der Waals surface area contributed by atoms with Crippen LogP contribution in [0.15, 0.2) is 66.4 Å². The zero-order valence-electron chi connectivity index (χ0n) is 19.6. The fourth-order valence-electron chi connectivity index (χ4n) is 3.46. The van der Waals surface area contributed by atoms with Crippen molar-refractivity contribution in [3.05, 3.63) is 82.4 Å². The molecule has 1 N–H and O–H groups in total. The maximum absolute atomic E-state index is 12.6. The number of amides is 1. The molecule has 0 saturated carbocycles. The van der Waals surface area contributed by atoms with Crippen LogP contribution in [0.3, 0.4) is 0 Å². The number of ether oxygens (including phenoxy) is 1. The van der Waals surface area contributed by atoms with Gasteiger partial charge in [0.05, 0.1) is 6.61 Å². The monoisotopic (exact) mass is 473 g/mol. The van der Waals surface area contributed by atoms with E-state index in [0.29, 0.717) is 11.7 Å². The molecule has 1 heterocycles. The van der Waals surface area contributed by atoms with E-state index in [1.165, 1.54) is 49.0 Å². The first-order valence-corrected chi connectivity index (χ1v) is 12.6. The molecule has 0 atom stereocenters. The Morgan fingerprint density at radius 1 is 1.06 bits per heavy atom. The number of unbranched alkanes of at least 4 members (excludes halogenated alkanes) is 5. The van der Waals surface area contributed by atoms with Crippen LogP contribution in [-0.2, 0) is 11.2 Å². The van der Waals surface area contributed by atoms with Crippen LogP contribution in [0.4, 0.5) is 5.13 Å². The minimum atomic E-state index is -0.466. The summed E-state index contributed by atoms with van der Waals surface area (Å²) in [5, 5.41) is 12.7. The molecule has 2 aromatic carbocycles. The Hall–Kier alpha value is -3.43. The minimum absolute atomic E-state index is 0.0283. The van der Waals surface area contributed by atoms with Gasteiger partial charge in [0.15, 0.2) is 5.13 Å². The highest BCUT2D eigenvalue weighted by atomic mass is 32.1. The SMILES string of the molecule is CCCCCCCCOc1ccc(C=C(C#N)C(=O)Nc2ncc(Cc3ccccc3)s2)cc1. The van der Waals surface area contributed by atoms with Gasteiger partial charge in [-0.25, -0.2) is 4.98 Å². The number of thiazole rings is 1. The van der Waals surface area contributed by atoms with Gasteiger partial charge in [-0.1, -0.05) is 81.5 Å². The van der Waals surface area contributed by atoms with Crippen LogP contribution < -0.4 is 10.1 Å². The maximum atomic E-state index is 12.6. The molecular weight excluding hydrogens is 442 g/mol. The van der Waals surface area contributed by atoms with E-state index in [2.05, 4.69) is 29.4 Å². The van der Waals surface area contributed by atoms with Gasteiger partial charge in [-0.2, -0.15) is 5.26 Å². The number of nitriles is 1. The molecule has 0 aliphatic heterocycles. The Labute approximate surface area is 206 Å². The number of aromatic nitrogens is 1. The smallest absolute Gasteiger partial charge is 0.268 e. The number of rotatable bonds is 13. The zero-order valence-corrected chi connectivity index (χ0v) is 20.4. The number of benzene rings is 2. The molecule has 3 rings (SSSR count). The number of hydrogen-bond acceptors (Lipinski definition) is 5. The third-order valence-corrected chi connectivity index (χ3v) is 6.23. The van der Waals surface area contributed by atoms with Crippen molar-refractivity contribution in [3.63, 3.8) is 0 Å². The molecule has 1 aromatic heterocycles. The fraction of sp³-hybridized carbons (Fsp3) is 0.321. The molecule has 0 fully saturated rings. The summed E-state index contributed by atoms with van der Waals surface area (Å²) in [6.07, 6.45) is 11.4. The van der Waals surface area contributed by atoms with E-state index in [9.17, 15) is 10.1 Å². The number of hydrogen-bond donors (Lipinski definition) is 1. The minimum Gasteiger partial charge on any atom is -0.494 e. The van der Waals surface area contributed by atoms with E-state index < -0.39 is 5.91 Å². The highest BCUT2D eigenvalue weighted by Crippen LogP contribution is 2.22. The van der Waals surface area contributed by atoms with Crippen molar-refractivity contribution < 1.29 is 9.53 Å².